The zero-order valence-corrected chi connectivity index (χ0v) is 10.4. The molecule has 0 aliphatic heterocycles. The van der Waals surface area contributed by atoms with E-state index < -0.39 is 0 Å². The lowest BCUT2D eigenvalue weighted by Gasteiger charge is -2.12. The van der Waals surface area contributed by atoms with Crippen molar-refractivity contribution in [1.29, 1.82) is 5.26 Å². The van der Waals surface area contributed by atoms with E-state index in [4.69, 9.17) is 20.5 Å². The molecule has 1 aliphatic rings. The van der Waals surface area contributed by atoms with E-state index in [1.165, 1.54) is 0 Å². The van der Waals surface area contributed by atoms with Crippen LogP contribution in [0.5, 0.6) is 11.5 Å². The highest BCUT2D eigenvalue weighted by Gasteiger charge is 2.39. The van der Waals surface area contributed by atoms with Crippen molar-refractivity contribution < 1.29 is 9.47 Å². The number of nitrogens with two attached hydrogens (primary N) is 1. The van der Waals surface area contributed by atoms with Crippen molar-refractivity contribution in [2.45, 2.75) is 18.4 Å². The van der Waals surface area contributed by atoms with E-state index in [0.717, 1.165) is 12.8 Å². The Hall–Kier alpha value is -1.44. The first-order valence-corrected chi connectivity index (χ1v) is 5.17. The topological polar surface area (TPSA) is 68.3 Å². The van der Waals surface area contributed by atoms with Crippen LogP contribution in [0.15, 0.2) is 18.2 Å². The molecule has 92 valence electrons. The molecular formula is C12H15ClN2O2. The third-order valence-corrected chi connectivity index (χ3v) is 2.71. The second kappa shape index (κ2) is 5.26. The minimum atomic E-state index is -0.174. The highest BCUT2D eigenvalue weighted by molar-refractivity contribution is 5.85. The Morgan fingerprint density at radius 3 is 2.71 bits per heavy atom. The van der Waals surface area contributed by atoms with Crippen LogP contribution in [-0.4, -0.2) is 19.3 Å². The molecule has 0 saturated heterocycles. The Morgan fingerprint density at radius 1 is 1.47 bits per heavy atom. The molecule has 17 heavy (non-hydrogen) atoms. The molecule has 0 radical (unpaired) electrons. The monoisotopic (exact) mass is 254 g/mol. The zero-order chi connectivity index (χ0) is 11.6. The van der Waals surface area contributed by atoms with E-state index in [-0.39, 0.29) is 17.9 Å². The predicted molar refractivity (Wildman–Crippen MR) is 66.6 cm³/mol. The summed E-state index contributed by atoms with van der Waals surface area (Å²) in [6, 6.07) is 7.25. The van der Waals surface area contributed by atoms with Crippen LogP contribution in [0, 0.1) is 11.3 Å². The first-order valence-electron chi connectivity index (χ1n) is 5.17. The van der Waals surface area contributed by atoms with Gasteiger partial charge in [0.15, 0.2) is 0 Å². The van der Waals surface area contributed by atoms with Gasteiger partial charge in [-0.3, -0.25) is 0 Å². The van der Waals surface area contributed by atoms with Gasteiger partial charge in [0, 0.05) is 6.07 Å². The summed E-state index contributed by atoms with van der Waals surface area (Å²) < 4.78 is 10.6. The lowest BCUT2D eigenvalue weighted by Crippen LogP contribution is -2.29. The number of ether oxygens (including phenoxy) is 2. The lowest BCUT2D eigenvalue weighted by atomic mass is 10.2. The van der Waals surface area contributed by atoms with Gasteiger partial charge < -0.3 is 15.2 Å². The number of hydrogen-bond donors (Lipinski definition) is 1. The number of rotatable bonds is 4. The van der Waals surface area contributed by atoms with Crippen LogP contribution in [0.3, 0.4) is 0 Å². The van der Waals surface area contributed by atoms with Gasteiger partial charge in [0.25, 0.3) is 0 Å². The summed E-state index contributed by atoms with van der Waals surface area (Å²) in [5.41, 5.74) is 6.21. The normalized spacial score (nSPS) is 15.4. The van der Waals surface area contributed by atoms with Crippen molar-refractivity contribution in [2.75, 3.05) is 13.7 Å². The maximum atomic E-state index is 8.97. The van der Waals surface area contributed by atoms with Gasteiger partial charge >= 0.3 is 0 Å². The fourth-order valence-corrected chi connectivity index (χ4v) is 1.38. The molecule has 1 aliphatic carbocycles. The summed E-state index contributed by atoms with van der Waals surface area (Å²) in [5.74, 6) is 1.22. The largest absolute Gasteiger partial charge is 0.497 e. The van der Waals surface area contributed by atoms with Crippen LogP contribution >= 0.6 is 12.4 Å². The number of nitriles is 1. The number of nitrogens with zero attached hydrogens (tertiary/aromatic N) is 1. The zero-order valence-electron chi connectivity index (χ0n) is 9.60. The molecule has 0 unspecified atom stereocenters. The Labute approximate surface area is 107 Å². The lowest BCUT2D eigenvalue weighted by molar-refractivity contribution is 0.278. The van der Waals surface area contributed by atoms with Gasteiger partial charge in [-0.05, 0) is 25.0 Å². The Balaban J connectivity index is 0.00000144. The highest BCUT2D eigenvalue weighted by atomic mass is 35.5. The molecule has 0 heterocycles. The Kier molecular flexibility index (Phi) is 4.22. The van der Waals surface area contributed by atoms with Gasteiger partial charge in [-0.1, -0.05) is 0 Å². The summed E-state index contributed by atoms with van der Waals surface area (Å²) in [4.78, 5) is 0. The van der Waals surface area contributed by atoms with Crippen molar-refractivity contribution in [3.05, 3.63) is 23.8 Å². The van der Waals surface area contributed by atoms with Crippen LogP contribution in [0.2, 0.25) is 0 Å². The highest BCUT2D eigenvalue weighted by Crippen LogP contribution is 2.33. The molecule has 0 bridgehead atoms. The predicted octanol–water partition coefficient (Wildman–Crippen LogP) is 1.86. The van der Waals surface area contributed by atoms with Crippen LogP contribution in [0.1, 0.15) is 18.4 Å². The summed E-state index contributed by atoms with van der Waals surface area (Å²) in [6.45, 7) is 0.466. The molecule has 2 rings (SSSR count). The maximum Gasteiger partial charge on any atom is 0.137 e. The van der Waals surface area contributed by atoms with E-state index in [2.05, 4.69) is 6.07 Å². The van der Waals surface area contributed by atoms with Crippen LogP contribution in [-0.2, 0) is 0 Å². The van der Waals surface area contributed by atoms with E-state index in [1.807, 2.05) is 0 Å². The standard InChI is InChI=1S/C12H14N2O2.ClH/c1-15-10-2-3-11(9(6-10)7-13)16-8-12(14)4-5-12;/h2-3,6H,4-5,8,14H2,1H3;1H. The summed E-state index contributed by atoms with van der Waals surface area (Å²) in [5, 5.41) is 8.97. The van der Waals surface area contributed by atoms with Crippen molar-refractivity contribution in [3.63, 3.8) is 0 Å². The SMILES string of the molecule is COc1ccc(OCC2(N)CC2)c(C#N)c1.Cl. The molecule has 1 fully saturated rings. The first-order chi connectivity index (χ1) is 7.67. The van der Waals surface area contributed by atoms with E-state index >= 15 is 0 Å². The van der Waals surface area contributed by atoms with Gasteiger partial charge in [-0.2, -0.15) is 5.26 Å². The first kappa shape index (κ1) is 13.6. The van der Waals surface area contributed by atoms with Crippen molar-refractivity contribution in [3.8, 4) is 17.6 Å². The number of benzene rings is 1. The van der Waals surface area contributed by atoms with Gasteiger partial charge in [-0.25, -0.2) is 0 Å². The molecule has 1 aromatic rings. The van der Waals surface area contributed by atoms with Gasteiger partial charge in [-0.15, -0.1) is 12.4 Å². The smallest absolute Gasteiger partial charge is 0.137 e. The van der Waals surface area contributed by atoms with Crippen molar-refractivity contribution >= 4 is 12.4 Å². The van der Waals surface area contributed by atoms with Crippen LogP contribution in [0.4, 0.5) is 0 Å². The average Bonchev–Trinajstić information content (AvgIpc) is 3.05. The van der Waals surface area contributed by atoms with E-state index in [0.29, 0.717) is 23.7 Å². The Bertz CT molecular complexity index is 439. The number of hydrogen-bond acceptors (Lipinski definition) is 4. The van der Waals surface area contributed by atoms with Crippen molar-refractivity contribution in [2.24, 2.45) is 5.73 Å². The minimum Gasteiger partial charge on any atom is -0.497 e. The quantitative estimate of drug-likeness (QED) is 0.891. The fraction of sp³-hybridized carbons (Fsp3) is 0.417. The van der Waals surface area contributed by atoms with E-state index in [9.17, 15) is 0 Å². The van der Waals surface area contributed by atoms with Crippen LogP contribution in [0.25, 0.3) is 0 Å². The molecule has 0 amide bonds. The molecule has 0 aromatic heterocycles. The third kappa shape index (κ3) is 3.26. The molecule has 0 spiro atoms. The third-order valence-electron chi connectivity index (χ3n) is 2.71. The number of methoxy groups -OCH3 is 1. The summed E-state index contributed by atoms with van der Waals surface area (Å²) in [7, 11) is 1.57. The van der Waals surface area contributed by atoms with Crippen molar-refractivity contribution in [1.82, 2.24) is 0 Å². The molecule has 4 nitrogen and oxygen atoms in total. The second-order valence-electron chi connectivity index (χ2n) is 4.12. The second-order valence-corrected chi connectivity index (χ2v) is 4.12. The molecule has 1 aromatic carbocycles. The minimum absolute atomic E-state index is 0. The summed E-state index contributed by atoms with van der Waals surface area (Å²) in [6.07, 6.45) is 1.98. The molecule has 2 N–H and O–H groups in total. The Morgan fingerprint density at radius 2 is 2.18 bits per heavy atom. The fourth-order valence-electron chi connectivity index (χ4n) is 1.38. The van der Waals surface area contributed by atoms with Gasteiger partial charge in [0.2, 0.25) is 0 Å². The molecular weight excluding hydrogens is 240 g/mol. The van der Waals surface area contributed by atoms with Gasteiger partial charge in [0.1, 0.15) is 24.2 Å². The molecule has 5 heteroatoms. The maximum absolute atomic E-state index is 8.97. The van der Waals surface area contributed by atoms with Gasteiger partial charge in [0.05, 0.1) is 18.2 Å². The molecule has 1 saturated carbocycles. The van der Waals surface area contributed by atoms with Crippen LogP contribution < -0.4 is 15.2 Å². The average molecular weight is 255 g/mol. The van der Waals surface area contributed by atoms with E-state index in [1.54, 1.807) is 25.3 Å². The molecule has 0 atom stereocenters. The summed E-state index contributed by atoms with van der Waals surface area (Å²) >= 11 is 0. The number of halogens is 1.